The highest BCUT2D eigenvalue weighted by Crippen LogP contribution is 2.20. The molecule has 0 saturated heterocycles. The average Bonchev–Trinajstić information content (AvgIpc) is 1.94. The van der Waals surface area contributed by atoms with E-state index in [0.29, 0.717) is 0 Å². The first kappa shape index (κ1) is 6.34. The monoisotopic (exact) mass is 173 g/mol. The van der Waals surface area contributed by atoms with Gasteiger partial charge in [-0.2, -0.15) is 0 Å². The van der Waals surface area contributed by atoms with Crippen molar-refractivity contribution < 1.29 is 0 Å². The number of allylic oxidation sites excluding steroid dienone is 2. The quantitative estimate of drug-likeness (QED) is 0.529. The van der Waals surface area contributed by atoms with Crippen LogP contribution in [0.1, 0.15) is 25.7 Å². The first-order valence-electron chi connectivity index (χ1n) is 3.07. The SMILES string of the molecule is BrC1=C[CH]CCCC1. The van der Waals surface area contributed by atoms with Crippen LogP contribution >= 0.6 is 15.9 Å². The van der Waals surface area contributed by atoms with E-state index in [-0.39, 0.29) is 0 Å². The Balaban J connectivity index is 2.36. The van der Waals surface area contributed by atoms with E-state index in [9.17, 15) is 0 Å². The molecule has 0 N–H and O–H groups in total. The van der Waals surface area contributed by atoms with E-state index in [2.05, 4.69) is 28.4 Å². The van der Waals surface area contributed by atoms with E-state index >= 15 is 0 Å². The third-order valence-corrected chi connectivity index (χ3v) is 2.00. The van der Waals surface area contributed by atoms with Crippen LogP contribution in [0.2, 0.25) is 0 Å². The molecule has 0 spiro atoms. The maximum atomic E-state index is 3.47. The molecule has 8 heavy (non-hydrogen) atoms. The van der Waals surface area contributed by atoms with E-state index in [1.54, 1.807) is 0 Å². The fraction of sp³-hybridized carbons (Fsp3) is 0.571. The zero-order valence-electron chi connectivity index (χ0n) is 4.86. The maximum absolute atomic E-state index is 3.47. The number of rotatable bonds is 0. The van der Waals surface area contributed by atoms with Gasteiger partial charge < -0.3 is 0 Å². The molecule has 0 bridgehead atoms. The normalized spacial score (nSPS) is 21.9. The summed E-state index contributed by atoms with van der Waals surface area (Å²) < 4.78 is 1.36. The van der Waals surface area contributed by atoms with Gasteiger partial charge in [-0.1, -0.05) is 28.4 Å². The first-order chi connectivity index (χ1) is 3.89. The topological polar surface area (TPSA) is 0 Å². The Morgan fingerprint density at radius 3 is 3.12 bits per heavy atom. The van der Waals surface area contributed by atoms with Gasteiger partial charge in [0.15, 0.2) is 0 Å². The molecule has 0 nitrogen and oxygen atoms in total. The van der Waals surface area contributed by atoms with Crippen LogP contribution in [0.5, 0.6) is 0 Å². The fourth-order valence-electron chi connectivity index (χ4n) is 0.851. The standard InChI is InChI=1S/C7H10Br/c8-7-5-3-1-2-4-6-7/h3,5H,1-2,4,6H2. The number of hydrogen-bond acceptors (Lipinski definition) is 0. The summed E-state index contributed by atoms with van der Waals surface area (Å²) >= 11 is 3.47. The van der Waals surface area contributed by atoms with Crippen LogP contribution in [0.3, 0.4) is 0 Å². The second kappa shape index (κ2) is 3.29. The predicted octanol–water partition coefficient (Wildman–Crippen LogP) is 3.04. The molecule has 1 heteroatoms. The summed E-state index contributed by atoms with van der Waals surface area (Å²) in [4.78, 5) is 0. The number of hydrogen-bond donors (Lipinski definition) is 0. The van der Waals surface area contributed by atoms with Gasteiger partial charge in [0.25, 0.3) is 0 Å². The van der Waals surface area contributed by atoms with Gasteiger partial charge in [0, 0.05) is 0 Å². The summed E-state index contributed by atoms with van der Waals surface area (Å²) in [7, 11) is 0. The minimum atomic E-state index is 1.23. The molecule has 0 fully saturated rings. The molecule has 0 amide bonds. The van der Waals surface area contributed by atoms with Crippen LogP contribution in [-0.2, 0) is 0 Å². The van der Waals surface area contributed by atoms with Crippen molar-refractivity contribution in [3.8, 4) is 0 Å². The lowest BCUT2D eigenvalue weighted by Gasteiger charge is -1.89. The molecule has 0 heterocycles. The Hall–Kier alpha value is 0.220. The molecule has 1 aliphatic carbocycles. The predicted molar refractivity (Wildman–Crippen MR) is 39.8 cm³/mol. The Morgan fingerprint density at radius 2 is 2.25 bits per heavy atom. The third-order valence-electron chi connectivity index (χ3n) is 1.34. The van der Waals surface area contributed by atoms with Crippen molar-refractivity contribution in [2.75, 3.05) is 0 Å². The zero-order valence-corrected chi connectivity index (χ0v) is 6.45. The average molecular weight is 174 g/mol. The van der Waals surface area contributed by atoms with Crippen molar-refractivity contribution in [1.82, 2.24) is 0 Å². The lowest BCUT2D eigenvalue weighted by atomic mass is 10.2. The van der Waals surface area contributed by atoms with Crippen LogP contribution in [0.25, 0.3) is 0 Å². The Morgan fingerprint density at radius 1 is 1.38 bits per heavy atom. The van der Waals surface area contributed by atoms with Crippen LogP contribution in [0.4, 0.5) is 0 Å². The highest BCUT2D eigenvalue weighted by molar-refractivity contribution is 9.11. The second-order valence-corrected chi connectivity index (χ2v) is 3.11. The second-order valence-electron chi connectivity index (χ2n) is 2.10. The molecule has 0 aromatic heterocycles. The first-order valence-corrected chi connectivity index (χ1v) is 3.87. The van der Waals surface area contributed by atoms with Crippen molar-refractivity contribution >= 4 is 15.9 Å². The molecule has 0 atom stereocenters. The van der Waals surface area contributed by atoms with Crippen molar-refractivity contribution in [3.05, 3.63) is 17.0 Å². The largest absolute Gasteiger partial charge is 0.0707 e. The minimum Gasteiger partial charge on any atom is -0.0707 e. The van der Waals surface area contributed by atoms with E-state index in [1.807, 2.05) is 0 Å². The van der Waals surface area contributed by atoms with Gasteiger partial charge >= 0.3 is 0 Å². The summed E-state index contributed by atoms with van der Waals surface area (Å²) in [6.45, 7) is 0. The number of halogens is 1. The highest BCUT2D eigenvalue weighted by Gasteiger charge is 1.97. The molecular formula is C7H10Br. The summed E-state index contributed by atoms with van der Waals surface area (Å²) in [5.74, 6) is 0. The van der Waals surface area contributed by atoms with Crippen LogP contribution in [0, 0.1) is 6.42 Å². The third kappa shape index (κ3) is 1.99. The summed E-state index contributed by atoms with van der Waals surface area (Å²) in [5, 5.41) is 0. The Labute approximate surface area is 59.1 Å². The van der Waals surface area contributed by atoms with Gasteiger partial charge in [0.1, 0.15) is 0 Å². The van der Waals surface area contributed by atoms with Crippen molar-refractivity contribution in [2.45, 2.75) is 25.7 Å². The summed E-state index contributed by atoms with van der Waals surface area (Å²) in [6, 6.07) is 0. The summed E-state index contributed by atoms with van der Waals surface area (Å²) in [5.41, 5.74) is 0. The molecule has 1 radical (unpaired) electrons. The summed E-state index contributed by atoms with van der Waals surface area (Å²) in [6.07, 6.45) is 9.59. The molecule has 1 aliphatic rings. The van der Waals surface area contributed by atoms with Crippen molar-refractivity contribution in [2.24, 2.45) is 0 Å². The van der Waals surface area contributed by atoms with Crippen LogP contribution < -0.4 is 0 Å². The van der Waals surface area contributed by atoms with Gasteiger partial charge in [0.05, 0.1) is 0 Å². The minimum absolute atomic E-state index is 1.23. The van der Waals surface area contributed by atoms with E-state index in [0.717, 1.165) is 0 Å². The van der Waals surface area contributed by atoms with E-state index < -0.39 is 0 Å². The zero-order chi connectivity index (χ0) is 5.82. The molecule has 0 unspecified atom stereocenters. The smallest absolute Gasteiger partial charge is 0.00862 e. The van der Waals surface area contributed by atoms with E-state index in [1.165, 1.54) is 30.2 Å². The van der Waals surface area contributed by atoms with Gasteiger partial charge in [0.2, 0.25) is 0 Å². The molecular weight excluding hydrogens is 164 g/mol. The Bertz CT molecular complexity index is 94.6. The van der Waals surface area contributed by atoms with Crippen LogP contribution in [0.15, 0.2) is 10.6 Å². The van der Waals surface area contributed by atoms with Crippen molar-refractivity contribution in [1.29, 1.82) is 0 Å². The van der Waals surface area contributed by atoms with Gasteiger partial charge in [-0.15, -0.1) is 0 Å². The lowest BCUT2D eigenvalue weighted by Crippen LogP contribution is -1.69. The molecule has 0 saturated carbocycles. The molecule has 0 aliphatic heterocycles. The van der Waals surface area contributed by atoms with Gasteiger partial charge in [-0.05, 0) is 30.2 Å². The molecule has 0 aromatic rings. The van der Waals surface area contributed by atoms with Gasteiger partial charge in [-0.25, -0.2) is 0 Å². The van der Waals surface area contributed by atoms with E-state index in [4.69, 9.17) is 0 Å². The van der Waals surface area contributed by atoms with Gasteiger partial charge in [-0.3, -0.25) is 0 Å². The van der Waals surface area contributed by atoms with Crippen molar-refractivity contribution in [3.63, 3.8) is 0 Å². The Kier molecular flexibility index (Phi) is 2.60. The van der Waals surface area contributed by atoms with Crippen LogP contribution in [-0.4, -0.2) is 0 Å². The molecule has 0 aromatic carbocycles. The fourth-order valence-corrected chi connectivity index (χ4v) is 1.32. The highest BCUT2D eigenvalue weighted by atomic mass is 79.9. The molecule has 45 valence electrons. The maximum Gasteiger partial charge on any atom is -0.00862 e. The lowest BCUT2D eigenvalue weighted by molar-refractivity contribution is 0.761. The molecule has 1 rings (SSSR count).